The Hall–Kier alpha value is -2.05. The van der Waals surface area contributed by atoms with Crippen molar-refractivity contribution in [2.75, 3.05) is 24.8 Å². The van der Waals surface area contributed by atoms with Crippen LogP contribution >= 0.6 is 0 Å². The molecule has 0 bridgehead atoms. The molecule has 1 rings (SSSR count). The summed E-state index contributed by atoms with van der Waals surface area (Å²) in [6.45, 7) is 3.80. The average molecular weight is 253 g/mol. The minimum atomic E-state index is -0.515. The molecule has 1 atom stereocenters. The smallest absolute Gasteiger partial charge is 0.240 e. The van der Waals surface area contributed by atoms with E-state index in [0.717, 1.165) is 0 Å². The Bertz CT molecular complexity index is 422. The van der Waals surface area contributed by atoms with Crippen molar-refractivity contribution in [3.05, 3.63) is 6.33 Å². The summed E-state index contributed by atoms with van der Waals surface area (Å²) in [5.41, 5.74) is 5.35. The highest BCUT2D eigenvalue weighted by atomic mass is 16.5. The van der Waals surface area contributed by atoms with Gasteiger partial charge < -0.3 is 21.1 Å². The van der Waals surface area contributed by atoms with Crippen molar-refractivity contribution in [3.8, 4) is 5.75 Å². The summed E-state index contributed by atoms with van der Waals surface area (Å²) in [6.07, 6.45) is 1.38. The van der Waals surface area contributed by atoms with Crippen molar-refractivity contribution >= 4 is 17.5 Å². The summed E-state index contributed by atoms with van der Waals surface area (Å²) in [5, 5.41) is 5.87. The van der Waals surface area contributed by atoms with E-state index in [1.807, 2.05) is 13.8 Å². The van der Waals surface area contributed by atoms with Gasteiger partial charge in [0.05, 0.1) is 7.11 Å². The van der Waals surface area contributed by atoms with Gasteiger partial charge in [0.2, 0.25) is 11.7 Å². The highest BCUT2D eigenvalue weighted by Crippen LogP contribution is 2.29. The van der Waals surface area contributed by atoms with E-state index in [0.29, 0.717) is 17.4 Å². The molecular weight excluding hydrogens is 234 g/mol. The van der Waals surface area contributed by atoms with Crippen LogP contribution in [0.3, 0.4) is 0 Å². The number of carbonyl (C=O) groups excluding carboxylic acids is 1. The first-order valence-corrected chi connectivity index (χ1v) is 5.63. The standard InChI is InChI=1S/C11H19N5O2/c1-6(2)7(9(12)17)16-11-8(18-4)10(13-3)14-5-15-11/h5-7H,1-4H3,(H2,12,17)(H2,13,14,15,16). The number of hydrogen-bond donors (Lipinski definition) is 3. The van der Waals surface area contributed by atoms with Gasteiger partial charge in [-0.05, 0) is 5.92 Å². The summed E-state index contributed by atoms with van der Waals surface area (Å²) in [6, 6.07) is -0.515. The molecule has 7 nitrogen and oxygen atoms in total. The molecule has 0 saturated carbocycles. The molecule has 100 valence electrons. The van der Waals surface area contributed by atoms with Crippen LogP contribution in [0.4, 0.5) is 11.6 Å². The predicted octanol–water partition coefficient (Wildman–Crippen LogP) is 0.449. The molecule has 0 radical (unpaired) electrons. The molecule has 0 spiro atoms. The number of hydrogen-bond acceptors (Lipinski definition) is 6. The van der Waals surface area contributed by atoms with Gasteiger partial charge in [-0.1, -0.05) is 13.8 Å². The molecule has 0 aromatic carbocycles. The summed E-state index contributed by atoms with van der Waals surface area (Å²) < 4.78 is 5.23. The fraction of sp³-hybridized carbons (Fsp3) is 0.545. The molecule has 1 unspecified atom stereocenters. The Balaban J connectivity index is 3.06. The minimum absolute atomic E-state index is 0.0419. The van der Waals surface area contributed by atoms with Crippen LogP contribution in [0.15, 0.2) is 6.33 Å². The summed E-state index contributed by atoms with van der Waals surface area (Å²) >= 11 is 0. The molecule has 0 fully saturated rings. The summed E-state index contributed by atoms with van der Waals surface area (Å²) in [7, 11) is 3.24. The molecule has 0 saturated heterocycles. The fourth-order valence-electron chi connectivity index (χ4n) is 1.56. The van der Waals surface area contributed by atoms with Crippen LogP contribution in [0.1, 0.15) is 13.8 Å². The van der Waals surface area contributed by atoms with Gasteiger partial charge >= 0.3 is 0 Å². The lowest BCUT2D eigenvalue weighted by molar-refractivity contribution is -0.119. The third-order valence-corrected chi connectivity index (χ3v) is 2.51. The van der Waals surface area contributed by atoms with Gasteiger partial charge in [-0.3, -0.25) is 4.79 Å². The van der Waals surface area contributed by atoms with Crippen molar-refractivity contribution in [1.29, 1.82) is 0 Å². The highest BCUT2D eigenvalue weighted by molar-refractivity contribution is 5.83. The van der Waals surface area contributed by atoms with Crippen LogP contribution in [0, 0.1) is 5.92 Å². The van der Waals surface area contributed by atoms with Crippen LogP contribution < -0.4 is 21.1 Å². The number of methoxy groups -OCH3 is 1. The predicted molar refractivity (Wildman–Crippen MR) is 69.6 cm³/mol. The molecule has 4 N–H and O–H groups in total. The summed E-state index contributed by atoms with van der Waals surface area (Å²) in [5.74, 6) is 1.04. The zero-order valence-corrected chi connectivity index (χ0v) is 11.0. The number of carbonyl (C=O) groups is 1. The molecular formula is C11H19N5O2. The second-order valence-electron chi connectivity index (χ2n) is 4.12. The number of ether oxygens (including phenoxy) is 1. The average Bonchev–Trinajstić information content (AvgIpc) is 2.34. The molecule has 18 heavy (non-hydrogen) atoms. The molecule has 1 amide bonds. The number of rotatable bonds is 6. The Morgan fingerprint density at radius 2 is 2.00 bits per heavy atom. The van der Waals surface area contributed by atoms with E-state index in [4.69, 9.17) is 10.5 Å². The second kappa shape index (κ2) is 6.04. The molecule has 1 aromatic heterocycles. The van der Waals surface area contributed by atoms with E-state index < -0.39 is 11.9 Å². The number of primary amides is 1. The first-order chi connectivity index (χ1) is 8.51. The Morgan fingerprint density at radius 1 is 1.39 bits per heavy atom. The summed E-state index contributed by atoms with van der Waals surface area (Å²) in [4.78, 5) is 19.4. The lowest BCUT2D eigenvalue weighted by Gasteiger charge is -2.21. The lowest BCUT2D eigenvalue weighted by atomic mass is 10.0. The van der Waals surface area contributed by atoms with Crippen molar-refractivity contribution in [3.63, 3.8) is 0 Å². The van der Waals surface area contributed by atoms with Gasteiger partial charge in [-0.15, -0.1) is 0 Å². The Morgan fingerprint density at radius 3 is 2.44 bits per heavy atom. The number of aromatic nitrogens is 2. The van der Waals surface area contributed by atoms with Gasteiger partial charge in [-0.25, -0.2) is 9.97 Å². The first kappa shape index (κ1) is 14.0. The quantitative estimate of drug-likeness (QED) is 0.680. The van der Waals surface area contributed by atoms with Gasteiger partial charge in [0.25, 0.3) is 0 Å². The maximum absolute atomic E-state index is 11.4. The van der Waals surface area contributed by atoms with Gasteiger partial charge in [0.15, 0.2) is 11.6 Å². The zero-order valence-electron chi connectivity index (χ0n) is 11.0. The maximum atomic E-state index is 11.4. The monoisotopic (exact) mass is 253 g/mol. The molecule has 1 heterocycles. The fourth-order valence-corrected chi connectivity index (χ4v) is 1.56. The number of amides is 1. The number of nitrogens with two attached hydrogens (primary N) is 1. The molecule has 7 heteroatoms. The van der Waals surface area contributed by atoms with Gasteiger partial charge in [0, 0.05) is 7.05 Å². The largest absolute Gasteiger partial charge is 0.490 e. The normalized spacial score (nSPS) is 12.1. The van der Waals surface area contributed by atoms with Crippen LogP contribution in [0.2, 0.25) is 0 Å². The molecule has 0 aliphatic heterocycles. The number of nitrogens with one attached hydrogen (secondary N) is 2. The Kier molecular flexibility index (Phi) is 4.70. The van der Waals surface area contributed by atoms with Crippen LogP contribution in [-0.4, -0.2) is 36.1 Å². The molecule has 1 aromatic rings. The third-order valence-electron chi connectivity index (χ3n) is 2.51. The molecule has 0 aliphatic rings. The topological polar surface area (TPSA) is 102 Å². The minimum Gasteiger partial charge on any atom is -0.490 e. The van der Waals surface area contributed by atoms with Crippen LogP contribution in [0.5, 0.6) is 5.75 Å². The van der Waals surface area contributed by atoms with E-state index in [-0.39, 0.29) is 5.92 Å². The van der Waals surface area contributed by atoms with Crippen molar-refractivity contribution in [2.24, 2.45) is 11.7 Å². The molecule has 0 aliphatic carbocycles. The number of anilines is 2. The van der Waals surface area contributed by atoms with E-state index in [2.05, 4.69) is 20.6 Å². The van der Waals surface area contributed by atoms with Gasteiger partial charge in [-0.2, -0.15) is 0 Å². The van der Waals surface area contributed by atoms with E-state index in [1.165, 1.54) is 13.4 Å². The van der Waals surface area contributed by atoms with E-state index in [9.17, 15) is 4.79 Å². The number of nitrogens with zero attached hydrogens (tertiary/aromatic N) is 2. The third kappa shape index (κ3) is 2.99. The van der Waals surface area contributed by atoms with Crippen molar-refractivity contribution in [2.45, 2.75) is 19.9 Å². The van der Waals surface area contributed by atoms with Crippen LogP contribution in [0.25, 0.3) is 0 Å². The SMILES string of the molecule is CNc1ncnc(NC(C(N)=O)C(C)C)c1OC. The van der Waals surface area contributed by atoms with E-state index in [1.54, 1.807) is 7.05 Å². The van der Waals surface area contributed by atoms with Crippen LogP contribution in [-0.2, 0) is 4.79 Å². The lowest BCUT2D eigenvalue weighted by Crippen LogP contribution is -2.39. The maximum Gasteiger partial charge on any atom is 0.240 e. The van der Waals surface area contributed by atoms with Gasteiger partial charge in [0.1, 0.15) is 12.4 Å². The van der Waals surface area contributed by atoms with Crippen molar-refractivity contribution in [1.82, 2.24) is 9.97 Å². The van der Waals surface area contributed by atoms with E-state index >= 15 is 0 Å². The second-order valence-corrected chi connectivity index (χ2v) is 4.12. The zero-order chi connectivity index (χ0) is 13.7. The first-order valence-electron chi connectivity index (χ1n) is 5.63. The Labute approximate surface area is 106 Å². The highest BCUT2D eigenvalue weighted by Gasteiger charge is 2.22. The van der Waals surface area contributed by atoms with Crippen molar-refractivity contribution < 1.29 is 9.53 Å².